The van der Waals surface area contributed by atoms with Gasteiger partial charge in [0.05, 0.1) is 24.8 Å². The minimum absolute atomic E-state index is 0.00231. The van der Waals surface area contributed by atoms with Crippen LogP contribution in [0.5, 0.6) is 23.5 Å². The Kier molecular flexibility index (Phi) is 4.16. The van der Waals surface area contributed by atoms with E-state index in [1.165, 1.54) is 38.5 Å². The Balaban J connectivity index is 2.34. The minimum atomic E-state index is -0.423. The minimum Gasteiger partial charge on any atom is -0.481 e. The number of aromatic nitrogens is 2. The molecule has 19 heavy (non-hydrogen) atoms. The van der Waals surface area contributed by atoms with Gasteiger partial charge in [0.15, 0.2) is 0 Å². The largest absolute Gasteiger partial charge is 0.481 e. The molecule has 0 aliphatic heterocycles. The number of benzene rings is 1. The second kappa shape index (κ2) is 5.83. The van der Waals surface area contributed by atoms with Crippen LogP contribution in [0.4, 0.5) is 4.39 Å². The van der Waals surface area contributed by atoms with Crippen LogP contribution in [0, 0.1) is 5.82 Å². The Morgan fingerprint density at radius 3 is 2.26 bits per heavy atom. The first-order valence-corrected chi connectivity index (χ1v) is 6.01. The molecular weight excluding hydrogens is 319 g/mol. The second-order valence-electron chi connectivity index (χ2n) is 3.41. The molecule has 0 amide bonds. The fourth-order valence-corrected chi connectivity index (χ4v) is 1.62. The van der Waals surface area contributed by atoms with Crippen molar-refractivity contribution in [3.05, 3.63) is 34.6 Å². The summed E-state index contributed by atoms with van der Waals surface area (Å²) in [7, 11) is 2.92. The van der Waals surface area contributed by atoms with Crippen LogP contribution >= 0.6 is 15.9 Å². The third-order valence-electron chi connectivity index (χ3n) is 2.17. The van der Waals surface area contributed by atoms with E-state index >= 15 is 0 Å². The number of rotatable bonds is 4. The smallest absolute Gasteiger partial charge is 0.328 e. The summed E-state index contributed by atoms with van der Waals surface area (Å²) in [6.45, 7) is 0. The average molecular weight is 329 g/mol. The average Bonchev–Trinajstić information content (AvgIpc) is 2.42. The lowest BCUT2D eigenvalue weighted by Crippen LogP contribution is -1.98. The van der Waals surface area contributed by atoms with Crippen molar-refractivity contribution in [2.24, 2.45) is 0 Å². The van der Waals surface area contributed by atoms with Crippen molar-refractivity contribution < 1.29 is 18.6 Å². The molecule has 0 atom stereocenters. The summed E-state index contributed by atoms with van der Waals surface area (Å²) < 4.78 is 29.1. The molecule has 1 aromatic carbocycles. The zero-order valence-corrected chi connectivity index (χ0v) is 11.8. The SMILES string of the molecule is COc1cc(OC)nc(Oc2cc(F)ccc2Br)n1. The number of ether oxygens (including phenoxy) is 3. The van der Waals surface area contributed by atoms with E-state index in [1.54, 1.807) is 0 Å². The van der Waals surface area contributed by atoms with E-state index < -0.39 is 5.82 Å². The Morgan fingerprint density at radius 2 is 1.68 bits per heavy atom. The van der Waals surface area contributed by atoms with Gasteiger partial charge < -0.3 is 14.2 Å². The van der Waals surface area contributed by atoms with Crippen molar-refractivity contribution in [2.45, 2.75) is 0 Å². The highest BCUT2D eigenvalue weighted by molar-refractivity contribution is 9.10. The van der Waals surface area contributed by atoms with Crippen molar-refractivity contribution in [3.8, 4) is 23.5 Å². The molecule has 0 unspecified atom stereocenters. The van der Waals surface area contributed by atoms with Gasteiger partial charge in [-0.05, 0) is 28.1 Å². The van der Waals surface area contributed by atoms with Gasteiger partial charge in [0.1, 0.15) is 11.6 Å². The van der Waals surface area contributed by atoms with Gasteiger partial charge in [0, 0.05) is 6.07 Å². The van der Waals surface area contributed by atoms with Crippen molar-refractivity contribution in [1.82, 2.24) is 9.97 Å². The molecule has 2 rings (SSSR count). The summed E-state index contributed by atoms with van der Waals surface area (Å²) in [6, 6.07) is 5.57. The lowest BCUT2D eigenvalue weighted by Gasteiger charge is -2.08. The summed E-state index contributed by atoms with van der Waals surface area (Å²) >= 11 is 3.25. The number of hydrogen-bond acceptors (Lipinski definition) is 5. The molecule has 0 radical (unpaired) electrons. The zero-order chi connectivity index (χ0) is 13.8. The van der Waals surface area contributed by atoms with Gasteiger partial charge >= 0.3 is 6.01 Å². The Hall–Kier alpha value is -1.89. The van der Waals surface area contributed by atoms with Gasteiger partial charge in [-0.1, -0.05) is 0 Å². The topological polar surface area (TPSA) is 53.5 Å². The Morgan fingerprint density at radius 1 is 1.05 bits per heavy atom. The van der Waals surface area contributed by atoms with Crippen LogP contribution in [0.3, 0.4) is 0 Å². The fourth-order valence-electron chi connectivity index (χ4n) is 1.29. The van der Waals surface area contributed by atoms with E-state index in [1.807, 2.05) is 0 Å². The monoisotopic (exact) mass is 328 g/mol. The van der Waals surface area contributed by atoms with Gasteiger partial charge in [-0.3, -0.25) is 0 Å². The number of hydrogen-bond donors (Lipinski definition) is 0. The maximum atomic E-state index is 13.1. The van der Waals surface area contributed by atoms with Crippen LogP contribution in [-0.2, 0) is 0 Å². The standard InChI is InChI=1S/C12H10BrFN2O3/c1-17-10-6-11(18-2)16-12(15-10)19-9-5-7(14)3-4-8(9)13/h3-6H,1-2H3. The quantitative estimate of drug-likeness (QED) is 0.862. The van der Waals surface area contributed by atoms with Gasteiger partial charge in [0.25, 0.3) is 0 Å². The predicted octanol–water partition coefficient (Wildman–Crippen LogP) is 3.19. The molecule has 0 saturated heterocycles. The molecule has 5 nitrogen and oxygen atoms in total. The van der Waals surface area contributed by atoms with E-state index in [4.69, 9.17) is 14.2 Å². The third kappa shape index (κ3) is 3.31. The Bertz CT molecular complexity index is 573. The van der Waals surface area contributed by atoms with E-state index in [0.717, 1.165) is 0 Å². The summed E-state index contributed by atoms with van der Waals surface area (Å²) in [4.78, 5) is 7.97. The summed E-state index contributed by atoms with van der Waals surface area (Å²) in [6.07, 6.45) is 0. The van der Waals surface area contributed by atoms with E-state index in [0.29, 0.717) is 4.47 Å². The van der Waals surface area contributed by atoms with Crippen LogP contribution in [0.25, 0.3) is 0 Å². The highest BCUT2D eigenvalue weighted by atomic mass is 79.9. The first kappa shape index (κ1) is 13.5. The van der Waals surface area contributed by atoms with Crippen molar-refractivity contribution >= 4 is 15.9 Å². The van der Waals surface area contributed by atoms with Crippen LogP contribution in [0.1, 0.15) is 0 Å². The molecule has 1 heterocycles. The van der Waals surface area contributed by atoms with E-state index in [-0.39, 0.29) is 23.5 Å². The first-order chi connectivity index (χ1) is 9.12. The zero-order valence-electron chi connectivity index (χ0n) is 10.2. The van der Waals surface area contributed by atoms with Crippen LogP contribution < -0.4 is 14.2 Å². The highest BCUT2D eigenvalue weighted by Crippen LogP contribution is 2.30. The lowest BCUT2D eigenvalue weighted by atomic mass is 10.3. The molecule has 0 aliphatic rings. The molecule has 0 saturated carbocycles. The van der Waals surface area contributed by atoms with Crippen molar-refractivity contribution in [1.29, 1.82) is 0 Å². The van der Waals surface area contributed by atoms with Crippen molar-refractivity contribution in [3.63, 3.8) is 0 Å². The number of halogens is 2. The second-order valence-corrected chi connectivity index (χ2v) is 4.27. The molecule has 2 aromatic rings. The van der Waals surface area contributed by atoms with Crippen LogP contribution in [0.2, 0.25) is 0 Å². The molecule has 0 N–H and O–H groups in total. The van der Waals surface area contributed by atoms with Crippen molar-refractivity contribution in [2.75, 3.05) is 14.2 Å². The number of nitrogens with zero attached hydrogens (tertiary/aromatic N) is 2. The maximum absolute atomic E-state index is 13.1. The molecule has 0 bridgehead atoms. The van der Waals surface area contributed by atoms with Gasteiger partial charge in [-0.15, -0.1) is 0 Å². The fraction of sp³-hybridized carbons (Fsp3) is 0.167. The third-order valence-corrected chi connectivity index (χ3v) is 2.83. The van der Waals surface area contributed by atoms with Crippen LogP contribution in [-0.4, -0.2) is 24.2 Å². The first-order valence-electron chi connectivity index (χ1n) is 5.22. The molecule has 100 valence electrons. The summed E-state index contributed by atoms with van der Waals surface area (Å²) in [5.41, 5.74) is 0. The highest BCUT2D eigenvalue weighted by Gasteiger charge is 2.10. The summed E-state index contributed by atoms with van der Waals surface area (Å²) in [5, 5.41) is 0. The van der Waals surface area contributed by atoms with Gasteiger partial charge in [-0.25, -0.2) is 4.39 Å². The van der Waals surface area contributed by atoms with E-state index in [2.05, 4.69) is 25.9 Å². The summed E-state index contributed by atoms with van der Waals surface area (Å²) in [5.74, 6) is 0.409. The van der Waals surface area contributed by atoms with E-state index in [9.17, 15) is 4.39 Å². The molecule has 0 spiro atoms. The lowest BCUT2D eigenvalue weighted by molar-refractivity contribution is 0.347. The molecule has 0 aliphatic carbocycles. The molecule has 7 heteroatoms. The predicted molar refractivity (Wildman–Crippen MR) is 69.3 cm³/mol. The van der Waals surface area contributed by atoms with Gasteiger partial charge in [0.2, 0.25) is 11.8 Å². The number of methoxy groups -OCH3 is 2. The normalized spacial score (nSPS) is 10.1. The Labute approximate surface area is 117 Å². The molecular formula is C12H10BrFN2O3. The maximum Gasteiger partial charge on any atom is 0.328 e. The van der Waals surface area contributed by atoms with Crippen LogP contribution in [0.15, 0.2) is 28.7 Å². The molecule has 1 aromatic heterocycles. The molecule has 0 fully saturated rings. The van der Waals surface area contributed by atoms with Gasteiger partial charge in [-0.2, -0.15) is 9.97 Å².